The van der Waals surface area contributed by atoms with Crippen LogP contribution in [-0.2, 0) is 11.3 Å². The number of carbonyl (C=O) groups is 1. The van der Waals surface area contributed by atoms with E-state index in [1.165, 1.54) is 0 Å². The number of hydrogen-bond donors (Lipinski definition) is 1. The summed E-state index contributed by atoms with van der Waals surface area (Å²) in [6, 6.07) is 8.07. The lowest BCUT2D eigenvalue weighted by Gasteiger charge is -2.32. The topological polar surface area (TPSA) is 49.6 Å². The number of hydrogen-bond acceptors (Lipinski definition) is 3. The van der Waals surface area contributed by atoms with Gasteiger partial charge in [-0.1, -0.05) is 12.1 Å². The van der Waals surface area contributed by atoms with Gasteiger partial charge in [-0.2, -0.15) is 0 Å². The summed E-state index contributed by atoms with van der Waals surface area (Å²) >= 11 is 0. The molecule has 0 aliphatic carbocycles. The van der Waals surface area contributed by atoms with Crippen molar-refractivity contribution in [3.8, 4) is 0 Å². The van der Waals surface area contributed by atoms with Crippen LogP contribution in [-0.4, -0.2) is 36.5 Å². The molecular weight excluding hydrogens is 250 g/mol. The first-order valence-electron chi connectivity index (χ1n) is 7.51. The SMILES string of the molecule is CCN(c1ccc(CN)cc1)C(C)C(=O)N1CCCC1. The third kappa shape index (κ3) is 3.12. The lowest BCUT2D eigenvalue weighted by Crippen LogP contribution is -2.46. The van der Waals surface area contributed by atoms with Crippen LogP contribution in [0, 0.1) is 0 Å². The Bertz CT molecular complexity index is 438. The maximum Gasteiger partial charge on any atom is 0.244 e. The second-order valence-corrected chi connectivity index (χ2v) is 5.36. The highest BCUT2D eigenvalue weighted by molar-refractivity contribution is 5.85. The largest absolute Gasteiger partial charge is 0.360 e. The van der Waals surface area contributed by atoms with E-state index in [4.69, 9.17) is 5.73 Å². The number of carbonyl (C=O) groups excluding carboxylic acids is 1. The minimum Gasteiger partial charge on any atom is -0.360 e. The van der Waals surface area contributed by atoms with E-state index >= 15 is 0 Å². The highest BCUT2D eigenvalue weighted by Gasteiger charge is 2.27. The molecule has 20 heavy (non-hydrogen) atoms. The molecule has 1 atom stereocenters. The lowest BCUT2D eigenvalue weighted by molar-refractivity contribution is -0.131. The Morgan fingerprint density at radius 2 is 1.90 bits per heavy atom. The zero-order chi connectivity index (χ0) is 14.5. The van der Waals surface area contributed by atoms with Gasteiger partial charge in [0.05, 0.1) is 0 Å². The van der Waals surface area contributed by atoms with Crippen molar-refractivity contribution in [2.75, 3.05) is 24.5 Å². The summed E-state index contributed by atoms with van der Waals surface area (Å²) in [6.07, 6.45) is 2.27. The highest BCUT2D eigenvalue weighted by atomic mass is 16.2. The van der Waals surface area contributed by atoms with Gasteiger partial charge < -0.3 is 15.5 Å². The van der Waals surface area contributed by atoms with E-state index in [0.717, 1.165) is 43.7 Å². The number of rotatable bonds is 5. The first kappa shape index (κ1) is 14.9. The Morgan fingerprint density at radius 1 is 1.30 bits per heavy atom. The predicted octanol–water partition coefficient (Wildman–Crippen LogP) is 1.98. The molecule has 1 heterocycles. The molecule has 4 nitrogen and oxygen atoms in total. The number of anilines is 1. The fourth-order valence-corrected chi connectivity index (χ4v) is 2.84. The van der Waals surface area contributed by atoms with Crippen LogP contribution < -0.4 is 10.6 Å². The van der Waals surface area contributed by atoms with Gasteiger partial charge >= 0.3 is 0 Å². The Hall–Kier alpha value is -1.55. The summed E-state index contributed by atoms with van der Waals surface area (Å²) in [5.74, 6) is 0.243. The van der Waals surface area contributed by atoms with Crippen LogP contribution in [0.4, 0.5) is 5.69 Å². The van der Waals surface area contributed by atoms with Crippen LogP contribution in [0.15, 0.2) is 24.3 Å². The standard InChI is InChI=1S/C16H25N3O/c1-3-19(15-8-6-14(12-17)7-9-15)13(2)16(20)18-10-4-5-11-18/h6-9,13H,3-5,10-12,17H2,1-2H3. The molecule has 1 fully saturated rings. The summed E-state index contributed by atoms with van der Waals surface area (Å²) < 4.78 is 0. The van der Waals surface area contributed by atoms with E-state index in [2.05, 4.69) is 24.0 Å². The molecule has 0 radical (unpaired) electrons. The van der Waals surface area contributed by atoms with Crippen molar-refractivity contribution in [2.45, 2.75) is 39.3 Å². The second-order valence-electron chi connectivity index (χ2n) is 5.36. The van der Waals surface area contributed by atoms with Crippen molar-refractivity contribution in [1.29, 1.82) is 0 Å². The Labute approximate surface area is 121 Å². The lowest BCUT2D eigenvalue weighted by atomic mass is 10.1. The maximum absolute atomic E-state index is 12.5. The summed E-state index contributed by atoms with van der Waals surface area (Å²) in [6.45, 7) is 7.28. The van der Waals surface area contributed by atoms with E-state index in [0.29, 0.717) is 6.54 Å². The van der Waals surface area contributed by atoms with Crippen molar-refractivity contribution in [2.24, 2.45) is 5.73 Å². The molecule has 1 unspecified atom stereocenters. The van der Waals surface area contributed by atoms with Gasteiger partial charge in [0.25, 0.3) is 0 Å². The minimum absolute atomic E-state index is 0.109. The quantitative estimate of drug-likeness (QED) is 0.894. The number of benzene rings is 1. The van der Waals surface area contributed by atoms with Crippen LogP contribution >= 0.6 is 0 Å². The highest BCUT2D eigenvalue weighted by Crippen LogP contribution is 2.20. The molecule has 2 N–H and O–H groups in total. The normalized spacial score (nSPS) is 16.2. The van der Waals surface area contributed by atoms with Gasteiger partial charge in [-0.05, 0) is 44.4 Å². The second kappa shape index (κ2) is 6.75. The van der Waals surface area contributed by atoms with Crippen LogP contribution in [0.3, 0.4) is 0 Å². The van der Waals surface area contributed by atoms with Gasteiger partial charge in [0, 0.05) is 31.9 Å². The molecule has 1 saturated heterocycles. The van der Waals surface area contributed by atoms with Crippen molar-refractivity contribution in [3.63, 3.8) is 0 Å². The van der Waals surface area contributed by atoms with Gasteiger partial charge in [-0.3, -0.25) is 4.79 Å². The Balaban J connectivity index is 2.11. The molecule has 0 bridgehead atoms. The van der Waals surface area contributed by atoms with E-state index in [-0.39, 0.29) is 11.9 Å². The molecule has 110 valence electrons. The predicted molar refractivity (Wildman–Crippen MR) is 82.6 cm³/mol. The minimum atomic E-state index is -0.109. The monoisotopic (exact) mass is 275 g/mol. The van der Waals surface area contributed by atoms with E-state index in [1.54, 1.807) is 0 Å². The van der Waals surface area contributed by atoms with Crippen molar-refractivity contribution in [3.05, 3.63) is 29.8 Å². The average molecular weight is 275 g/mol. The van der Waals surface area contributed by atoms with Gasteiger partial charge in [0.2, 0.25) is 5.91 Å². The number of nitrogens with two attached hydrogens (primary N) is 1. The third-order valence-electron chi connectivity index (χ3n) is 4.09. The molecule has 2 rings (SSSR count). The van der Waals surface area contributed by atoms with Crippen LogP contribution in [0.25, 0.3) is 0 Å². The number of nitrogens with zero attached hydrogens (tertiary/aromatic N) is 2. The van der Waals surface area contributed by atoms with Gasteiger partial charge in [0.1, 0.15) is 6.04 Å². The molecule has 4 heteroatoms. The first-order valence-corrected chi connectivity index (χ1v) is 7.51. The van der Waals surface area contributed by atoms with Crippen molar-refractivity contribution < 1.29 is 4.79 Å². The van der Waals surface area contributed by atoms with Crippen LogP contribution in [0.5, 0.6) is 0 Å². The third-order valence-corrected chi connectivity index (χ3v) is 4.09. The van der Waals surface area contributed by atoms with Gasteiger partial charge in [-0.15, -0.1) is 0 Å². The molecule has 1 amide bonds. The molecular formula is C16H25N3O. The van der Waals surface area contributed by atoms with Gasteiger partial charge in [-0.25, -0.2) is 0 Å². The molecule has 1 aliphatic heterocycles. The smallest absolute Gasteiger partial charge is 0.244 e. The van der Waals surface area contributed by atoms with E-state index in [9.17, 15) is 4.79 Å². The van der Waals surface area contributed by atoms with Crippen LogP contribution in [0.2, 0.25) is 0 Å². The average Bonchev–Trinajstić information content (AvgIpc) is 3.02. The van der Waals surface area contributed by atoms with Crippen molar-refractivity contribution >= 4 is 11.6 Å². The zero-order valence-corrected chi connectivity index (χ0v) is 12.5. The number of likely N-dealkylation sites (N-methyl/N-ethyl adjacent to an activating group) is 1. The van der Waals surface area contributed by atoms with E-state index in [1.807, 2.05) is 24.0 Å². The molecule has 1 aromatic rings. The Kier molecular flexibility index (Phi) is 5.01. The molecule has 0 aromatic heterocycles. The zero-order valence-electron chi connectivity index (χ0n) is 12.5. The summed E-state index contributed by atoms with van der Waals surface area (Å²) in [5.41, 5.74) is 7.83. The Morgan fingerprint density at radius 3 is 2.40 bits per heavy atom. The summed E-state index contributed by atoms with van der Waals surface area (Å²) in [5, 5.41) is 0. The molecule has 1 aromatic carbocycles. The number of likely N-dealkylation sites (tertiary alicyclic amines) is 1. The number of amides is 1. The fourth-order valence-electron chi connectivity index (χ4n) is 2.84. The fraction of sp³-hybridized carbons (Fsp3) is 0.562. The molecule has 0 saturated carbocycles. The summed E-state index contributed by atoms with van der Waals surface area (Å²) in [4.78, 5) is 16.6. The molecule has 1 aliphatic rings. The summed E-state index contributed by atoms with van der Waals surface area (Å²) in [7, 11) is 0. The first-order chi connectivity index (χ1) is 9.67. The van der Waals surface area contributed by atoms with Crippen LogP contribution in [0.1, 0.15) is 32.3 Å². The molecule has 0 spiro atoms. The van der Waals surface area contributed by atoms with Gasteiger partial charge in [0.15, 0.2) is 0 Å². The maximum atomic E-state index is 12.5. The van der Waals surface area contributed by atoms with Crippen molar-refractivity contribution in [1.82, 2.24) is 4.90 Å². The van der Waals surface area contributed by atoms with E-state index < -0.39 is 0 Å².